The minimum absolute atomic E-state index is 0.0735. The number of carbonyl (C=O) groups is 1. The number of benzene rings is 1. The summed E-state index contributed by atoms with van der Waals surface area (Å²) in [5.74, 6) is 0.654. The molecular formula is C23H26F3N3O. The Morgan fingerprint density at radius 3 is 2.27 bits per heavy atom. The van der Waals surface area contributed by atoms with Crippen molar-refractivity contribution in [3.63, 3.8) is 0 Å². The number of alkyl halides is 3. The Morgan fingerprint density at radius 2 is 1.70 bits per heavy atom. The molecule has 0 unspecified atom stereocenters. The first kappa shape index (κ1) is 20.7. The fourth-order valence-corrected chi connectivity index (χ4v) is 4.70. The SMILES string of the molecule is O=C(NC1CCN(c2ccc(C(F)(F)F)cn2)CC1)C1(c2ccccc2)CCCC1. The van der Waals surface area contributed by atoms with Gasteiger partial charge in [-0.2, -0.15) is 13.2 Å². The predicted molar refractivity (Wildman–Crippen MR) is 109 cm³/mol. The third-order valence-corrected chi connectivity index (χ3v) is 6.45. The van der Waals surface area contributed by atoms with Crippen molar-refractivity contribution >= 4 is 11.7 Å². The zero-order valence-corrected chi connectivity index (χ0v) is 16.8. The van der Waals surface area contributed by atoms with E-state index in [9.17, 15) is 18.0 Å². The molecular weight excluding hydrogens is 391 g/mol. The summed E-state index contributed by atoms with van der Waals surface area (Å²) in [7, 11) is 0. The largest absolute Gasteiger partial charge is 0.417 e. The van der Waals surface area contributed by atoms with Gasteiger partial charge in [0.25, 0.3) is 0 Å². The van der Waals surface area contributed by atoms with Crippen molar-refractivity contribution in [1.29, 1.82) is 0 Å². The molecule has 1 amide bonds. The van der Waals surface area contributed by atoms with Crippen LogP contribution in [-0.2, 0) is 16.4 Å². The molecule has 1 aliphatic heterocycles. The number of halogens is 3. The van der Waals surface area contributed by atoms with Crippen LogP contribution < -0.4 is 10.2 Å². The number of hydrogen-bond acceptors (Lipinski definition) is 3. The molecule has 160 valence electrons. The van der Waals surface area contributed by atoms with E-state index in [4.69, 9.17) is 0 Å². The van der Waals surface area contributed by atoms with Crippen LogP contribution >= 0.6 is 0 Å². The normalized spacial score (nSPS) is 19.6. The standard InChI is InChI=1S/C23H26F3N3O/c24-23(25,26)18-8-9-20(27-16-18)29-14-10-19(11-15-29)28-21(30)22(12-4-5-13-22)17-6-2-1-3-7-17/h1-3,6-9,16,19H,4-5,10-15H2,(H,28,30). The van der Waals surface area contributed by atoms with Gasteiger partial charge in [-0.15, -0.1) is 0 Å². The maximum Gasteiger partial charge on any atom is 0.417 e. The highest BCUT2D eigenvalue weighted by atomic mass is 19.4. The van der Waals surface area contributed by atoms with Crippen LogP contribution in [0, 0.1) is 0 Å². The van der Waals surface area contributed by atoms with E-state index in [2.05, 4.69) is 10.3 Å². The second kappa shape index (κ2) is 8.28. The molecule has 2 aromatic rings. The van der Waals surface area contributed by atoms with Crippen LogP contribution in [0.15, 0.2) is 48.7 Å². The predicted octanol–water partition coefficient (Wildman–Crippen LogP) is 4.70. The van der Waals surface area contributed by atoms with Crippen molar-refractivity contribution in [2.75, 3.05) is 18.0 Å². The van der Waals surface area contributed by atoms with Crippen molar-refractivity contribution in [2.24, 2.45) is 0 Å². The van der Waals surface area contributed by atoms with Gasteiger partial charge >= 0.3 is 6.18 Å². The third kappa shape index (κ3) is 4.16. The van der Waals surface area contributed by atoms with Gasteiger partial charge in [0.15, 0.2) is 0 Å². The summed E-state index contributed by atoms with van der Waals surface area (Å²) in [6, 6.07) is 12.6. The summed E-state index contributed by atoms with van der Waals surface area (Å²) in [6.45, 7) is 1.31. The average molecular weight is 417 g/mol. The topological polar surface area (TPSA) is 45.2 Å². The maximum atomic E-state index is 13.3. The molecule has 4 nitrogen and oxygen atoms in total. The average Bonchev–Trinajstić information content (AvgIpc) is 3.26. The smallest absolute Gasteiger partial charge is 0.356 e. The Kier molecular flexibility index (Phi) is 5.71. The highest BCUT2D eigenvalue weighted by molar-refractivity contribution is 5.88. The second-order valence-corrected chi connectivity index (χ2v) is 8.29. The molecule has 0 spiro atoms. The van der Waals surface area contributed by atoms with Gasteiger partial charge in [-0.3, -0.25) is 4.79 Å². The van der Waals surface area contributed by atoms with Gasteiger partial charge in [-0.05, 0) is 43.4 Å². The molecule has 4 rings (SSSR count). The minimum Gasteiger partial charge on any atom is -0.356 e. The number of hydrogen-bond donors (Lipinski definition) is 1. The summed E-state index contributed by atoms with van der Waals surface area (Å²) < 4.78 is 38.2. The van der Waals surface area contributed by atoms with E-state index in [0.717, 1.165) is 56.4 Å². The zero-order valence-electron chi connectivity index (χ0n) is 16.8. The van der Waals surface area contributed by atoms with Gasteiger partial charge in [0.2, 0.25) is 5.91 Å². The van der Waals surface area contributed by atoms with E-state index in [0.29, 0.717) is 18.9 Å². The Labute approximate surface area is 174 Å². The molecule has 0 atom stereocenters. The van der Waals surface area contributed by atoms with Crippen molar-refractivity contribution < 1.29 is 18.0 Å². The van der Waals surface area contributed by atoms with Crippen LogP contribution in [-0.4, -0.2) is 30.0 Å². The van der Waals surface area contributed by atoms with Gasteiger partial charge in [0, 0.05) is 25.3 Å². The number of anilines is 1. The van der Waals surface area contributed by atoms with E-state index in [1.807, 2.05) is 35.2 Å². The highest BCUT2D eigenvalue weighted by Gasteiger charge is 2.43. The molecule has 1 aromatic heterocycles. The lowest BCUT2D eigenvalue weighted by molar-refractivity contribution is -0.137. The number of rotatable bonds is 4. The van der Waals surface area contributed by atoms with Gasteiger partial charge < -0.3 is 10.2 Å². The van der Waals surface area contributed by atoms with Gasteiger partial charge in [0.05, 0.1) is 11.0 Å². The molecule has 2 fully saturated rings. The summed E-state index contributed by atoms with van der Waals surface area (Å²) in [6.07, 6.45) is 1.86. The maximum absolute atomic E-state index is 13.3. The van der Waals surface area contributed by atoms with E-state index in [-0.39, 0.29) is 11.9 Å². The van der Waals surface area contributed by atoms with Crippen LogP contribution in [0.2, 0.25) is 0 Å². The van der Waals surface area contributed by atoms with Crippen LogP contribution in [0.1, 0.15) is 49.7 Å². The minimum atomic E-state index is -4.38. The Balaban J connectivity index is 1.37. The van der Waals surface area contributed by atoms with Crippen LogP contribution in [0.25, 0.3) is 0 Å². The van der Waals surface area contributed by atoms with Gasteiger partial charge in [0.1, 0.15) is 5.82 Å². The lowest BCUT2D eigenvalue weighted by atomic mass is 9.77. The van der Waals surface area contributed by atoms with Crippen molar-refractivity contribution in [3.05, 3.63) is 59.8 Å². The highest BCUT2D eigenvalue weighted by Crippen LogP contribution is 2.41. The number of amides is 1. The van der Waals surface area contributed by atoms with Crippen LogP contribution in [0.4, 0.5) is 19.0 Å². The van der Waals surface area contributed by atoms with E-state index < -0.39 is 17.2 Å². The molecule has 2 aliphatic rings. The molecule has 30 heavy (non-hydrogen) atoms. The van der Waals surface area contributed by atoms with E-state index >= 15 is 0 Å². The molecule has 1 saturated carbocycles. The number of piperidine rings is 1. The number of nitrogens with one attached hydrogen (secondary N) is 1. The monoisotopic (exact) mass is 417 g/mol. The first-order valence-electron chi connectivity index (χ1n) is 10.5. The third-order valence-electron chi connectivity index (χ3n) is 6.45. The number of carbonyl (C=O) groups excluding carboxylic acids is 1. The van der Waals surface area contributed by atoms with E-state index in [1.165, 1.54) is 6.07 Å². The molecule has 1 saturated heterocycles. The zero-order chi connectivity index (χ0) is 21.2. The lowest BCUT2D eigenvalue weighted by Crippen LogP contribution is -2.50. The molecule has 2 heterocycles. The summed E-state index contributed by atoms with van der Waals surface area (Å²) in [5.41, 5.74) is -0.0875. The summed E-state index contributed by atoms with van der Waals surface area (Å²) >= 11 is 0. The number of aromatic nitrogens is 1. The van der Waals surface area contributed by atoms with Crippen molar-refractivity contribution in [1.82, 2.24) is 10.3 Å². The second-order valence-electron chi connectivity index (χ2n) is 8.29. The Hall–Kier alpha value is -2.57. The fraction of sp³-hybridized carbons (Fsp3) is 0.478. The van der Waals surface area contributed by atoms with Crippen LogP contribution in [0.5, 0.6) is 0 Å². The number of pyridine rings is 1. The molecule has 1 aromatic carbocycles. The molecule has 1 aliphatic carbocycles. The number of nitrogens with zero attached hydrogens (tertiary/aromatic N) is 2. The molecule has 1 N–H and O–H groups in total. The van der Waals surface area contributed by atoms with Gasteiger partial charge in [-0.1, -0.05) is 43.2 Å². The first-order valence-corrected chi connectivity index (χ1v) is 10.5. The van der Waals surface area contributed by atoms with Crippen LogP contribution in [0.3, 0.4) is 0 Å². The Bertz CT molecular complexity index is 854. The van der Waals surface area contributed by atoms with Crippen molar-refractivity contribution in [3.8, 4) is 0 Å². The molecule has 0 radical (unpaired) electrons. The molecule has 7 heteroatoms. The quantitative estimate of drug-likeness (QED) is 0.785. The fourth-order valence-electron chi connectivity index (χ4n) is 4.70. The van der Waals surface area contributed by atoms with E-state index in [1.54, 1.807) is 0 Å². The van der Waals surface area contributed by atoms with Crippen molar-refractivity contribution in [2.45, 2.75) is 56.2 Å². The summed E-state index contributed by atoms with van der Waals surface area (Å²) in [5, 5.41) is 3.27. The summed E-state index contributed by atoms with van der Waals surface area (Å²) in [4.78, 5) is 19.2. The molecule has 0 bridgehead atoms. The Morgan fingerprint density at radius 1 is 1.03 bits per heavy atom. The first-order chi connectivity index (χ1) is 14.4. The lowest BCUT2D eigenvalue weighted by Gasteiger charge is -2.36. The van der Waals surface area contributed by atoms with Gasteiger partial charge in [-0.25, -0.2) is 4.98 Å².